The van der Waals surface area contributed by atoms with Crippen molar-refractivity contribution >= 4 is 0 Å². The summed E-state index contributed by atoms with van der Waals surface area (Å²) >= 11 is 0. The second kappa shape index (κ2) is 5.44. The summed E-state index contributed by atoms with van der Waals surface area (Å²) in [5.74, 6) is 1.49. The van der Waals surface area contributed by atoms with Gasteiger partial charge in [-0.2, -0.15) is 0 Å². The predicted octanol–water partition coefficient (Wildman–Crippen LogP) is 4.16. The molecular weight excluding hydrogens is 298 g/mol. The van der Waals surface area contributed by atoms with Gasteiger partial charge in [0, 0.05) is 0 Å². The normalized spacial score (nSPS) is 38.8. The molecule has 0 unspecified atom stereocenters. The first-order valence-electron chi connectivity index (χ1n) is 8.71. The van der Waals surface area contributed by atoms with Gasteiger partial charge in [-0.25, -0.2) is 8.78 Å². The van der Waals surface area contributed by atoms with Crippen molar-refractivity contribution in [2.75, 3.05) is 7.11 Å². The molecule has 23 heavy (non-hydrogen) atoms. The second-order valence-electron chi connectivity index (χ2n) is 7.53. The number of aliphatic hydroxyl groups excluding tert-OH is 1. The van der Waals surface area contributed by atoms with Crippen LogP contribution in [0.25, 0.3) is 0 Å². The van der Waals surface area contributed by atoms with Gasteiger partial charge >= 0.3 is 0 Å². The van der Waals surface area contributed by atoms with Crippen LogP contribution in [-0.4, -0.2) is 24.7 Å². The summed E-state index contributed by atoms with van der Waals surface area (Å²) in [6.45, 7) is 0. The van der Waals surface area contributed by atoms with Crippen LogP contribution in [0.2, 0.25) is 0 Å². The molecule has 3 aliphatic rings. The number of ether oxygens (including phenoxy) is 1. The van der Waals surface area contributed by atoms with E-state index < -0.39 is 17.9 Å². The van der Waals surface area contributed by atoms with Crippen LogP contribution in [0.5, 0.6) is 5.75 Å². The Balaban J connectivity index is 1.70. The average Bonchev–Trinajstić information content (AvgIpc) is 2.92. The molecule has 5 atom stereocenters. The Labute approximate surface area is 135 Å². The summed E-state index contributed by atoms with van der Waals surface area (Å²) < 4.78 is 33.1. The van der Waals surface area contributed by atoms with Crippen molar-refractivity contribution in [1.29, 1.82) is 0 Å². The molecule has 2 saturated carbocycles. The van der Waals surface area contributed by atoms with E-state index in [2.05, 4.69) is 12.1 Å². The van der Waals surface area contributed by atoms with Crippen molar-refractivity contribution < 1.29 is 18.6 Å². The maximum absolute atomic E-state index is 13.9. The molecule has 4 heteroatoms. The van der Waals surface area contributed by atoms with Crippen molar-refractivity contribution in [1.82, 2.24) is 0 Å². The van der Waals surface area contributed by atoms with Gasteiger partial charge in [0.15, 0.2) is 0 Å². The first-order chi connectivity index (χ1) is 11.1. The van der Waals surface area contributed by atoms with Gasteiger partial charge in [-0.15, -0.1) is 0 Å². The molecular formula is C19H24F2O2. The summed E-state index contributed by atoms with van der Waals surface area (Å²) in [6.07, 6.45) is 1.14. The number of alkyl halides is 2. The molecule has 1 N–H and O–H groups in total. The molecule has 0 aromatic heterocycles. The van der Waals surface area contributed by atoms with Crippen LogP contribution in [0.4, 0.5) is 8.78 Å². The Hall–Kier alpha value is -1.16. The van der Waals surface area contributed by atoms with Crippen LogP contribution in [0.15, 0.2) is 18.2 Å². The monoisotopic (exact) mass is 322 g/mol. The van der Waals surface area contributed by atoms with Crippen LogP contribution in [0, 0.1) is 17.3 Å². The van der Waals surface area contributed by atoms with E-state index in [-0.39, 0.29) is 11.8 Å². The lowest BCUT2D eigenvalue weighted by molar-refractivity contribution is -0.134. The van der Waals surface area contributed by atoms with Crippen molar-refractivity contribution in [2.24, 2.45) is 17.3 Å². The molecule has 0 amide bonds. The molecule has 126 valence electrons. The van der Waals surface area contributed by atoms with Crippen LogP contribution >= 0.6 is 0 Å². The summed E-state index contributed by atoms with van der Waals surface area (Å²) in [5, 5.41) is 10.3. The van der Waals surface area contributed by atoms with Gasteiger partial charge in [0.25, 0.3) is 0 Å². The van der Waals surface area contributed by atoms with E-state index in [1.807, 2.05) is 6.07 Å². The highest BCUT2D eigenvalue weighted by Gasteiger charge is 2.61. The highest BCUT2D eigenvalue weighted by atomic mass is 19.3. The number of rotatable bonds is 2. The van der Waals surface area contributed by atoms with Crippen molar-refractivity contribution in [2.45, 2.75) is 57.0 Å². The van der Waals surface area contributed by atoms with Crippen molar-refractivity contribution in [3.63, 3.8) is 0 Å². The fourth-order valence-electron chi connectivity index (χ4n) is 5.80. The zero-order valence-electron chi connectivity index (χ0n) is 13.5. The highest BCUT2D eigenvalue weighted by molar-refractivity contribution is 5.40. The summed E-state index contributed by atoms with van der Waals surface area (Å²) in [4.78, 5) is 0. The lowest BCUT2D eigenvalue weighted by Gasteiger charge is -2.51. The minimum absolute atomic E-state index is 0.0356. The zero-order chi connectivity index (χ0) is 16.2. The number of hydrogen-bond donors (Lipinski definition) is 1. The van der Waals surface area contributed by atoms with Gasteiger partial charge in [-0.1, -0.05) is 6.07 Å². The Kier molecular flexibility index (Phi) is 3.63. The molecule has 1 aromatic carbocycles. The van der Waals surface area contributed by atoms with Crippen molar-refractivity contribution in [3.05, 3.63) is 29.3 Å². The Morgan fingerprint density at radius 1 is 1.22 bits per heavy atom. The smallest absolute Gasteiger partial charge is 0.246 e. The molecule has 3 aliphatic carbocycles. The Morgan fingerprint density at radius 3 is 2.78 bits per heavy atom. The molecule has 2 fully saturated rings. The van der Waals surface area contributed by atoms with E-state index in [1.165, 1.54) is 11.1 Å². The number of aliphatic hydroxyl groups is 1. The zero-order valence-corrected chi connectivity index (χ0v) is 13.5. The third-order valence-corrected chi connectivity index (χ3v) is 6.89. The van der Waals surface area contributed by atoms with E-state index in [1.54, 1.807) is 7.11 Å². The third-order valence-electron chi connectivity index (χ3n) is 6.89. The van der Waals surface area contributed by atoms with Crippen molar-refractivity contribution in [3.8, 4) is 5.75 Å². The molecule has 2 nitrogen and oxygen atoms in total. The molecule has 0 saturated heterocycles. The maximum atomic E-state index is 13.9. The lowest BCUT2D eigenvalue weighted by atomic mass is 9.55. The number of methoxy groups -OCH3 is 1. The van der Waals surface area contributed by atoms with Crippen LogP contribution < -0.4 is 4.74 Å². The van der Waals surface area contributed by atoms with Gasteiger partial charge in [0.05, 0.1) is 18.6 Å². The summed E-state index contributed by atoms with van der Waals surface area (Å²) in [7, 11) is 1.67. The molecule has 4 rings (SSSR count). The number of hydrogen-bond acceptors (Lipinski definition) is 2. The molecule has 0 radical (unpaired) electrons. The largest absolute Gasteiger partial charge is 0.497 e. The minimum atomic E-state index is -2.41. The summed E-state index contributed by atoms with van der Waals surface area (Å²) in [6, 6.07) is 6.22. The van der Waals surface area contributed by atoms with Gasteiger partial charge in [-0.3, -0.25) is 0 Å². The molecule has 0 aliphatic heterocycles. The van der Waals surface area contributed by atoms with E-state index in [4.69, 9.17) is 4.74 Å². The first kappa shape index (κ1) is 15.4. The number of benzene rings is 1. The number of aryl methyl sites for hydroxylation is 1. The Bertz CT molecular complexity index is 603. The standard InChI is InChI=1S/C19H24F2O2/c1-23-12-3-5-13-11(10-12)2-4-15-14(13)8-9-19(18(20)21)16(15)6-7-17(19)22/h3,5,10,14-18,22H,2,4,6-9H2,1H3/t14-,15-,16+,17+,19-/m1/s1. The van der Waals surface area contributed by atoms with Gasteiger partial charge in [0.2, 0.25) is 6.43 Å². The van der Waals surface area contributed by atoms with Gasteiger partial charge in [-0.05, 0) is 79.5 Å². The lowest BCUT2D eigenvalue weighted by Crippen LogP contribution is -2.50. The number of halogens is 2. The second-order valence-corrected chi connectivity index (χ2v) is 7.53. The highest BCUT2D eigenvalue weighted by Crippen LogP contribution is 2.63. The molecule has 0 heterocycles. The molecule has 0 spiro atoms. The van der Waals surface area contributed by atoms with E-state index in [9.17, 15) is 13.9 Å². The fourth-order valence-corrected chi connectivity index (χ4v) is 5.80. The third kappa shape index (κ3) is 2.07. The predicted molar refractivity (Wildman–Crippen MR) is 83.9 cm³/mol. The Morgan fingerprint density at radius 2 is 2.04 bits per heavy atom. The first-order valence-corrected chi connectivity index (χ1v) is 8.71. The SMILES string of the molecule is COc1ccc2c(c1)CC[C@@H]1[C@@H]2CC[C@]2(C(F)F)[C@@H](O)CC[C@@H]12. The van der Waals surface area contributed by atoms with E-state index in [0.29, 0.717) is 18.8 Å². The topological polar surface area (TPSA) is 29.5 Å². The fraction of sp³-hybridized carbons (Fsp3) is 0.684. The van der Waals surface area contributed by atoms with E-state index >= 15 is 0 Å². The maximum Gasteiger partial charge on any atom is 0.246 e. The van der Waals surface area contributed by atoms with Crippen LogP contribution in [-0.2, 0) is 6.42 Å². The minimum Gasteiger partial charge on any atom is -0.497 e. The van der Waals surface area contributed by atoms with E-state index in [0.717, 1.165) is 31.4 Å². The average molecular weight is 322 g/mol. The summed E-state index contributed by atoms with van der Waals surface area (Å²) in [5.41, 5.74) is 1.49. The van der Waals surface area contributed by atoms with Gasteiger partial charge in [0.1, 0.15) is 5.75 Å². The number of fused-ring (bicyclic) bond motifs is 5. The van der Waals surface area contributed by atoms with Crippen LogP contribution in [0.1, 0.15) is 49.1 Å². The molecule has 0 bridgehead atoms. The molecule has 1 aromatic rings. The van der Waals surface area contributed by atoms with Crippen LogP contribution in [0.3, 0.4) is 0 Å². The van der Waals surface area contributed by atoms with Gasteiger partial charge < -0.3 is 9.84 Å². The quantitative estimate of drug-likeness (QED) is 0.886.